The molecule has 0 aromatic carbocycles. The highest BCUT2D eigenvalue weighted by Gasteiger charge is 2.25. The maximum absolute atomic E-state index is 9.09. The zero-order chi connectivity index (χ0) is 10.6. The summed E-state index contributed by atoms with van der Waals surface area (Å²) in [6.45, 7) is 6.56. The molecule has 2 unspecified atom stereocenters. The van der Waals surface area contributed by atoms with Gasteiger partial charge in [0.1, 0.15) is 0 Å². The van der Waals surface area contributed by atoms with E-state index in [0.29, 0.717) is 18.2 Å². The van der Waals surface area contributed by atoms with Gasteiger partial charge in [-0.05, 0) is 33.1 Å². The fourth-order valence-corrected chi connectivity index (χ4v) is 2.17. The Labute approximate surface area is 86.8 Å². The lowest BCUT2D eigenvalue weighted by molar-refractivity contribution is -0.0445. The van der Waals surface area contributed by atoms with Crippen LogP contribution in [0.25, 0.3) is 0 Å². The van der Waals surface area contributed by atoms with Crippen LogP contribution in [0.15, 0.2) is 0 Å². The third kappa shape index (κ3) is 3.56. The summed E-state index contributed by atoms with van der Waals surface area (Å²) in [6, 6.07) is 0.753. The second-order valence-corrected chi connectivity index (χ2v) is 4.38. The summed E-state index contributed by atoms with van der Waals surface area (Å²) in [5.74, 6) is 0. The molecule has 1 aliphatic rings. The summed E-state index contributed by atoms with van der Waals surface area (Å²) < 4.78 is 5.66. The minimum absolute atomic E-state index is 0.233. The largest absolute Gasteiger partial charge is 0.395 e. The fraction of sp³-hybridized carbons (Fsp3) is 1.00. The Bertz CT molecular complexity index is 149. The average molecular weight is 201 g/mol. The molecule has 0 radical (unpaired) electrons. The molecule has 1 fully saturated rings. The van der Waals surface area contributed by atoms with Gasteiger partial charge in [0, 0.05) is 12.1 Å². The summed E-state index contributed by atoms with van der Waals surface area (Å²) in [5, 5.41) is 12.6. The van der Waals surface area contributed by atoms with Gasteiger partial charge < -0.3 is 15.2 Å². The molecule has 0 aliphatic carbocycles. The zero-order valence-electron chi connectivity index (χ0n) is 9.49. The maximum atomic E-state index is 9.09. The lowest BCUT2D eigenvalue weighted by Gasteiger charge is -2.34. The summed E-state index contributed by atoms with van der Waals surface area (Å²) in [6.07, 6.45) is 3.78. The van der Waals surface area contributed by atoms with E-state index in [4.69, 9.17) is 9.84 Å². The maximum Gasteiger partial charge on any atom is 0.0584 e. The number of ether oxygens (including phenoxy) is 1. The van der Waals surface area contributed by atoms with E-state index in [9.17, 15) is 0 Å². The van der Waals surface area contributed by atoms with Gasteiger partial charge in [-0.3, -0.25) is 0 Å². The minimum atomic E-state index is 0.233. The SMILES string of the molecule is CC[C@H](CO)NC1CC(C)OC(C)C1. The lowest BCUT2D eigenvalue weighted by atomic mass is 9.98. The smallest absolute Gasteiger partial charge is 0.0584 e. The van der Waals surface area contributed by atoms with E-state index < -0.39 is 0 Å². The van der Waals surface area contributed by atoms with Crippen LogP contribution in [0.3, 0.4) is 0 Å². The molecule has 1 saturated heterocycles. The molecule has 3 atom stereocenters. The first-order chi connectivity index (χ1) is 6.65. The third-order valence-corrected chi connectivity index (χ3v) is 2.88. The van der Waals surface area contributed by atoms with E-state index in [0.717, 1.165) is 19.3 Å². The van der Waals surface area contributed by atoms with Crippen molar-refractivity contribution in [3.05, 3.63) is 0 Å². The average Bonchev–Trinajstić information content (AvgIpc) is 2.12. The van der Waals surface area contributed by atoms with Crippen molar-refractivity contribution in [2.75, 3.05) is 6.61 Å². The van der Waals surface area contributed by atoms with Crippen LogP contribution in [-0.4, -0.2) is 36.0 Å². The standard InChI is InChI=1S/C11H23NO2/c1-4-10(7-13)12-11-5-8(2)14-9(3)6-11/h8-13H,4-7H2,1-3H3/t8?,9?,10-,11?/m1/s1. The number of aliphatic hydroxyl groups excluding tert-OH is 1. The molecule has 0 aromatic rings. The molecule has 3 heteroatoms. The normalized spacial score (nSPS) is 35.6. The second kappa shape index (κ2) is 5.69. The van der Waals surface area contributed by atoms with Gasteiger partial charge in [-0.1, -0.05) is 6.92 Å². The molecule has 2 N–H and O–H groups in total. The van der Waals surface area contributed by atoms with Crippen molar-refractivity contribution in [1.82, 2.24) is 5.32 Å². The molecule has 0 aromatic heterocycles. The fourth-order valence-electron chi connectivity index (χ4n) is 2.17. The van der Waals surface area contributed by atoms with E-state index >= 15 is 0 Å². The van der Waals surface area contributed by atoms with Crippen molar-refractivity contribution in [2.24, 2.45) is 0 Å². The molecule has 1 heterocycles. The quantitative estimate of drug-likeness (QED) is 0.720. The molecule has 0 spiro atoms. The third-order valence-electron chi connectivity index (χ3n) is 2.88. The van der Waals surface area contributed by atoms with Crippen LogP contribution in [0.5, 0.6) is 0 Å². The molecule has 1 rings (SSSR count). The molecule has 1 aliphatic heterocycles. The van der Waals surface area contributed by atoms with Crippen molar-refractivity contribution >= 4 is 0 Å². The van der Waals surface area contributed by atoms with E-state index in [1.807, 2.05) is 0 Å². The van der Waals surface area contributed by atoms with E-state index in [2.05, 4.69) is 26.1 Å². The lowest BCUT2D eigenvalue weighted by Crippen LogP contribution is -2.46. The zero-order valence-corrected chi connectivity index (χ0v) is 9.49. The van der Waals surface area contributed by atoms with Crippen LogP contribution >= 0.6 is 0 Å². The molecule has 0 amide bonds. The predicted molar refractivity (Wildman–Crippen MR) is 57.3 cm³/mol. The Morgan fingerprint density at radius 1 is 1.36 bits per heavy atom. The molecule has 0 bridgehead atoms. The Balaban J connectivity index is 2.35. The van der Waals surface area contributed by atoms with Gasteiger partial charge in [-0.15, -0.1) is 0 Å². The summed E-state index contributed by atoms with van der Waals surface area (Å²) >= 11 is 0. The van der Waals surface area contributed by atoms with Crippen LogP contribution in [0, 0.1) is 0 Å². The Hall–Kier alpha value is -0.120. The van der Waals surface area contributed by atoms with Gasteiger partial charge in [0.25, 0.3) is 0 Å². The van der Waals surface area contributed by atoms with Crippen LogP contribution in [0.4, 0.5) is 0 Å². The van der Waals surface area contributed by atoms with Gasteiger partial charge in [-0.25, -0.2) is 0 Å². The Morgan fingerprint density at radius 2 is 1.93 bits per heavy atom. The van der Waals surface area contributed by atoms with Gasteiger partial charge >= 0.3 is 0 Å². The van der Waals surface area contributed by atoms with Crippen molar-refractivity contribution in [3.63, 3.8) is 0 Å². The first kappa shape index (κ1) is 12.0. The van der Waals surface area contributed by atoms with Crippen molar-refractivity contribution in [2.45, 2.75) is 64.3 Å². The first-order valence-corrected chi connectivity index (χ1v) is 5.68. The highest BCUT2D eigenvalue weighted by Crippen LogP contribution is 2.19. The van der Waals surface area contributed by atoms with E-state index in [1.54, 1.807) is 0 Å². The monoisotopic (exact) mass is 201 g/mol. The topological polar surface area (TPSA) is 41.5 Å². The predicted octanol–water partition coefficient (Wildman–Crippen LogP) is 1.30. The van der Waals surface area contributed by atoms with Crippen molar-refractivity contribution in [1.29, 1.82) is 0 Å². The van der Waals surface area contributed by atoms with Gasteiger partial charge in [0.2, 0.25) is 0 Å². The van der Waals surface area contributed by atoms with Crippen molar-refractivity contribution < 1.29 is 9.84 Å². The molecule has 0 saturated carbocycles. The summed E-state index contributed by atoms with van der Waals surface area (Å²) in [4.78, 5) is 0. The molecule has 84 valence electrons. The molecular weight excluding hydrogens is 178 g/mol. The molecule has 14 heavy (non-hydrogen) atoms. The highest BCUT2D eigenvalue weighted by molar-refractivity contribution is 4.81. The highest BCUT2D eigenvalue weighted by atomic mass is 16.5. The van der Waals surface area contributed by atoms with Gasteiger partial charge in [0.15, 0.2) is 0 Å². The number of nitrogens with one attached hydrogen (secondary N) is 1. The summed E-state index contributed by atoms with van der Waals surface area (Å²) in [5.41, 5.74) is 0. The van der Waals surface area contributed by atoms with Crippen LogP contribution < -0.4 is 5.32 Å². The number of aliphatic hydroxyl groups is 1. The number of rotatable bonds is 4. The first-order valence-electron chi connectivity index (χ1n) is 5.68. The van der Waals surface area contributed by atoms with Crippen molar-refractivity contribution in [3.8, 4) is 0 Å². The van der Waals surface area contributed by atoms with E-state index in [-0.39, 0.29) is 12.6 Å². The van der Waals surface area contributed by atoms with Gasteiger partial charge in [-0.2, -0.15) is 0 Å². The van der Waals surface area contributed by atoms with Crippen LogP contribution in [-0.2, 0) is 4.74 Å². The minimum Gasteiger partial charge on any atom is -0.395 e. The Kier molecular flexibility index (Phi) is 4.85. The number of hydrogen-bond acceptors (Lipinski definition) is 3. The van der Waals surface area contributed by atoms with Crippen LogP contribution in [0.2, 0.25) is 0 Å². The summed E-state index contributed by atoms with van der Waals surface area (Å²) in [7, 11) is 0. The second-order valence-electron chi connectivity index (χ2n) is 4.38. The Morgan fingerprint density at radius 3 is 2.36 bits per heavy atom. The van der Waals surface area contributed by atoms with E-state index in [1.165, 1.54) is 0 Å². The molecule has 3 nitrogen and oxygen atoms in total. The van der Waals surface area contributed by atoms with Crippen LogP contribution in [0.1, 0.15) is 40.0 Å². The molecular formula is C11H23NO2. The van der Waals surface area contributed by atoms with Gasteiger partial charge in [0.05, 0.1) is 18.8 Å². The number of hydrogen-bond donors (Lipinski definition) is 2.